The van der Waals surface area contributed by atoms with Gasteiger partial charge in [-0.15, -0.1) is 0 Å². The summed E-state index contributed by atoms with van der Waals surface area (Å²) in [7, 11) is 0. The zero-order chi connectivity index (χ0) is 16.4. The molecule has 4 rings (SSSR count). The standard InChI is InChI=1S/C20H21NO3/c22-20(15-7-11-18-19(12-15)24-13-23-18)17-10-9-16(21-17)8-6-14-4-2-1-3-5-14/h1-5,7,11-12,16-17,21H,6,8-10,13H2. The van der Waals surface area contributed by atoms with E-state index in [1.165, 1.54) is 5.56 Å². The van der Waals surface area contributed by atoms with Crippen LogP contribution in [0.15, 0.2) is 48.5 Å². The molecule has 4 nitrogen and oxygen atoms in total. The second kappa shape index (κ2) is 6.65. The molecule has 1 saturated heterocycles. The fourth-order valence-corrected chi connectivity index (χ4v) is 3.49. The maximum atomic E-state index is 12.7. The lowest BCUT2D eigenvalue weighted by molar-refractivity contribution is 0.0949. The summed E-state index contributed by atoms with van der Waals surface area (Å²) in [5.41, 5.74) is 2.05. The van der Waals surface area contributed by atoms with E-state index in [9.17, 15) is 4.79 Å². The number of rotatable bonds is 5. The van der Waals surface area contributed by atoms with Crippen LogP contribution in [-0.4, -0.2) is 24.7 Å². The molecule has 2 aliphatic heterocycles. The number of ketones is 1. The van der Waals surface area contributed by atoms with E-state index in [-0.39, 0.29) is 18.6 Å². The van der Waals surface area contributed by atoms with E-state index in [2.05, 4.69) is 29.6 Å². The maximum absolute atomic E-state index is 12.7. The SMILES string of the molecule is O=C(c1ccc2c(c1)OCO2)C1CCC(CCc2ccccc2)N1. The van der Waals surface area contributed by atoms with E-state index >= 15 is 0 Å². The van der Waals surface area contributed by atoms with E-state index < -0.39 is 0 Å². The Morgan fingerprint density at radius 1 is 1.04 bits per heavy atom. The van der Waals surface area contributed by atoms with Crippen molar-refractivity contribution in [3.63, 3.8) is 0 Å². The summed E-state index contributed by atoms with van der Waals surface area (Å²) in [6, 6.07) is 16.3. The zero-order valence-corrected chi connectivity index (χ0v) is 13.5. The molecule has 2 atom stereocenters. The molecule has 0 spiro atoms. The van der Waals surface area contributed by atoms with Gasteiger partial charge in [-0.1, -0.05) is 30.3 Å². The minimum Gasteiger partial charge on any atom is -0.454 e. The molecule has 124 valence electrons. The van der Waals surface area contributed by atoms with Crippen molar-refractivity contribution < 1.29 is 14.3 Å². The number of aryl methyl sites for hydroxylation is 1. The molecular formula is C20H21NO3. The first kappa shape index (κ1) is 15.2. The molecule has 0 aliphatic carbocycles. The Hall–Kier alpha value is -2.33. The minimum absolute atomic E-state index is 0.0915. The van der Waals surface area contributed by atoms with Crippen LogP contribution in [0.2, 0.25) is 0 Å². The van der Waals surface area contributed by atoms with Gasteiger partial charge in [-0.05, 0) is 49.4 Å². The molecule has 2 unspecified atom stereocenters. The highest BCUT2D eigenvalue weighted by atomic mass is 16.7. The number of benzene rings is 2. The van der Waals surface area contributed by atoms with Crippen LogP contribution < -0.4 is 14.8 Å². The third kappa shape index (κ3) is 3.15. The zero-order valence-electron chi connectivity index (χ0n) is 13.5. The third-order valence-corrected chi connectivity index (χ3v) is 4.84. The van der Waals surface area contributed by atoms with Gasteiger partial charge in [0, 0.05) is 11.6 Å². The fourth-order valence-electron chi connectivity index (χ4n) is 3.49. The Morgan fingerprint density at radius 3 is 2.75 bits per heavy atom. The van der Waals surface area contributed by atoms with Crippen LogP contribution in [0.3, 0.4) is 0 Å². The average Bonchev–Trinajstić information content (AvgIpc) is 3.29. The fraction of sp³-hybridized carbons (Fsp3) is 0.350. The molecule has 2 aromatic rings. The van der Waals surface area contributed by atoms with E-state index in [0.717, 1.165) is 25.7 Å². The van der Waals surface area contributed by atoms with Crippen LogP contribution in [0, 0.1) is 0 Å². The Balaban J connectivity index is 1.35. The molecule has 0 bridgehead atoms. The highest BCUT2D eigenvalue weighted by Gasteiger charge is 2.30. The quantitative estimate of drug-likeness (QED) is 0.857. The molecule has 0 saturated carbocycles. The smallest absolute Gasteiger partial charge is 0.231 e. The Morgan fingerprint density at radius 2 is 1.88 bits per heavy atom. The Kier molecular flexibility index (Phi) is 4.22. The third-order valence-electron chi connectivity index (χ3n) is 4.84. The van der Waals surface area contributed by atoms with Gasteiger partial charge in [-0.2, -0.15) is 0 Å². The lowest BCUT2D eigenvalue weighted by Gasteiger charge is -2.14. The van der Waals surface area contributed by atoms with E-state index in [0.29, 0.717) is 23.1 Å². The number of carbonyl (C=O) groups is 1. The predicted octanol–water partition coefficient (Wildman–Crippen LogP) is 3.35. The number of fused-ring (bicyclic) bond motifs is 1. The molecule has 0 amide bonds. The summed E-state index contributed by atoms with van der Waals surface area (Å²) in [4.78, 5) is 12.7. The van der Waals surface area contributed by atoms with Crippen molar-refractivity contribution >= 4 is 5.78 Å². The molecule has 0 aromatic heterocycles. The highest BCUT2D eigenvalue weighted by molar-refractivity contribution is 6.00. The molecule has 2 aromatic carbocycles. The van der Waals surface area contributed by atoms with Gasteiger partial charge in [0.15, 0.2) is 17.3 Å². The number of hydrogen-bond acceptors (Lipinski definition) is 4. The van der Waals surface area contributed by atoms with Gasteiger partial charge in [0.05, 0.1) is 6.04 Å². The number of hydrogen-bond donors (Lipinski definition) is 1. The van der Waals surface area contributed by atoms with Crippen LogP contribution in [0.5, 0.6) is 11.5 Å². The topological polar surface area (TPSA) is 47.6 Å². The minimum atomic E-state index is -0.0915. The van der Waals surface area contributed by atoms with Crippen molar-refractivity contribution in [2.75, 3.05) is 6.79 Å². The number of nitrogens with one attached hydrogen (secondary N) is 1. The first-order valence-corrected chi connectivity index (χ1v) is 8.53. The molecule has 2 aliphatic rings. The van der Waals surface area contributed by atoms with Gasteiger partial charge in [0.2, 0.25) is 6.79 Å². The van der Waals surface area contributed by atoms with Gasteiger partial charge >= 0.3 is 0 Å². The Bertz CT molecular complexity index is 729. The molecule has 4 heteroatoms. The summed E-state index contributed by atoms with van der Waals surface area (Å²) >= 11 is 0. The predicted molar refractivity (Wildman–Crippen MR) is 91.6 cm³/mol. The monoisotopic (exact) mass is 323 g/mol. The Labute approximate surface area is 141 Å². The first-order chi connectivity index (χ1) is 11.8. The molecular weight excluding hydrogens is 302 g/mol. The largest absolute Gasteiger partial charge is 0.454 e. The number of Topliss-reactive ketones (excluding diaryl/α,β-unsaturated/α-hetero) is 1. The molecule has 24 heavy (non-hydrogen) atoms. The van der Waals surface area contributed by atoms with Crippen LogP contribution in [0.4, 0.5) is 0 Å². The second-order valence-electron chi connectivity index (χ2n) is 6.45. The summed E-state index contributed by atoms with van der Waals surface area (Å²) in [6.07, 6.45) is 4.05. The van der Waals surface area contributed by atoms with Gasteiger partial charge in [0.25, 0.3) is 0 Å². The van der Waals surface area contributed by atoms with Crippen molar-refractivity contribution in [2.24, 2.45) is 0 Å². The van der Waals surface area contributed by atoms with Crippen LogP contribution in [0.25, 0.3) is 0 Å². The first-order valence-electron chi connectivity index (χ1n) is 8.53. The summed E-state index contributed by atoms with van der Waals surface area (Å²) in [5.74, 6) is 1.53. The maximum Gasteiger partial charge on any atom is 0.231 e. The molecule has 0 radical (unpaired) electrons. The number of carbonyl (C=O) groups excluding carboxylic acids is 1. The molecule has 1 fully saturated rings. The summed E-state index contributed by atoms with van der Waals surface area (Å²) in [5, 5.41) is 3.51. The van der Waals surface area contributed by atoms with Crippen LogP contribution in [0.1, 0.15) is 35.2 Å². The van der Waals surface area contributed by atoms with Crippen LogP contribution >= 0.6 is 0 Å². The van der Waals surface area contributed by atoms with Gasteiger partial charge in [-0.3, -0.25) is 4.79 Å². The highest BCUT2D eigenvalue weighted by Crippen LogP contribution is 2.33. The average molecular weight is 323 g/mol. The lowest BCUT2D eigenvalue weighted by atomic mass is 10.0. The van der Waals surface area contributed by atoms with Crippen molar-refractivity contribution in [1.82, 2.24) is 5.32 Å². The van der Waals surface area contributed by atoms with Crippen molar-refractivity contribution in [3.05, 3.63) is 59.7 Å². The van der Waals surface area contributed by atoms with Gasteiger partial charge in [-0.25, -0.2) is 0 Å². The van der Waals surface area contributed by atoms with Gasteiger partial charge in [0.1, 0.15) is 0 Å². The number of ether oxygens (including phenoxy) is 2. The summed E-state index contributed by atoms with van der Waals surface area (Å²) < 4.78 is 10.7. The molecule has 2 heterocycles. The summed E-state index contributed by atoms with van der Waals surface area (Å²) in [6.45, 7) is 0.232. The molecule has 1 N–H and O–H groups in total. The van der Waals surface area contributed by atoms with Crippen LogP contribution in [-0.2, 0) is 6.42 Å². The van der Waals surface area contributed by atoms with Crippen molar-refractivity contribution in [1.29, 1.82) is 0 Å². The van der Waals surface area contributed by atoms with Crippen molar-refractivity contribution in [3.8, 4) is 11.5 Å². The van der Waals surface area contributed by atoms with E-state index in [1.807, 2.05) is 18.2 Å². The van der Waals surface area contributed by atoms with E-state index in [4.69, 9.17) is 9.47 Å². The van der Waals surface area contributed by atoms with Crippen molar-refractivity contribution in [2.45, 2.75) is 37.8 Å². The van der Waals surface area contributed by atoms with E-state index in [1.54, 1.807) is 6.07 Å². The van der Waals surface area contributed by atoms with Gasteiger partial charge < -0.3 is 14.8 Å². The second-order valence-corrected chi connectivity index (χ2v) is 6.45. The normalized spacial score (nSPS) is 21.8. The lowest BCUT2D eigenvalue weighted by Crippen LogP contribution is -2.35.